The minimum atomic E-state index is -0.0649. The molecule has 1 amide bonds. The van der Waals surface area contributed by atoms with Crippen LogP contribution in [0.2, 0.25) is 0 Å². The number of nitrogens with zero attached hydrogens (tertiary/aromatic N) is 4. The SMILES string of the molecule is O=C(NCC1CC1)c1cc(-c2ccccc2)nc2c1cnn2Cc1ccncc1. The van der Waals surface area contributed by atoms with Crippen LogP contribution in [0.4, 0.5) is 0 Å². The minimum Gasteiger partial charge on any atom is -0.352 e. The highest BCUT2D eigenvalue weighted by Gasteiger charge is 2.23. The van der Waals surface area contributed by atoms with Crippen molar-refractivity contribution in [1.29, 1.82) is 0 Å². The molecular weight excluding hydrogens is 362 g/mol. The van der Waals surface area contributed by atoms with Crippen LogP contribution < -0.4 is 5.32 Å². The smallest absolute Gasteiger partial charge is 0.252 e. The third-order valence-electron chi connectivity index (χ3n) is 5.25. The number of rotatable bonds is 6. The highest BCUT2D eigenvalue weighted by Crippen LogP contribution is 2.28. The van der Waals surface area contributed by atoms with Crippen molar-refractivity contribution in [2.45, 2.75) is 19.4 Å². The van der Waals surface area contributed by atoms with Gasteiger partial charge in [0.15, 0.2) is 5.65 Å². The lowest BCUT2D eigenvalue weighted by Crippen LogP contribution is -2.25. The number of nitrogens with one attached hydrogen (secondary N) is 1. The molecular formula is C23H21N5O. The predicted octanol–water partition coefficient (Wildman–Crippen LogP) is 3.68. The Kier molecular flexibility index (Phi) is 4.52. The Morgan fingerprint density at radius 1 is 1.10 bits per heavy atom. The third kappa shape index (κ3) is 3.74. The Bertz CT molecular complexity index is 1150. The highest BCUT2D eigenvalue weighted by molar-refractivity contribution is 6.06. The van der Waals surface area contributed by atoms with E-state index in [-0.39, 0.29) is 5.91 Å². The second-order valence-electron chi connectivity index (χ2n) is 7.47. The third-order valence-corrected chi connectivity index (χ3v) is 5.25. The number of amides is 1. The molecule has 0 spiro atoms. The monoisotopic (exact) mass is 383 g/mol. The summed E-state index contributed by atoms with van der Waals surface area (Å²) in [4.78, 5) is 21.9. The summed E-state index contributed by atoms with van der Waals surface area (Å²) in [6.07, 6.45) is 7.67. The van der Waals surface area contributed by atoms with Gasteiger partial charge in [-0.25, -0.2) is 9.67 Å². The number of benzene rings is 1. The summed E-state index contributed by atoms with van der Waals surface area (Å²) in [6, 6.07) is 15.7. The van der Waals surface area contributed by atoms with Gasteiger partial charge in [-0.2, -0.15) is 5.10 Å². The molecule has 5 rings (SSSR count). The van der Waals surface area contributed by atoms with Crippen LogP contribution >= 0.6 is 0 Å². The molecule has 3 aromatic heterocycles. The lowest BCUT2D eigenvalue weighted by molar-refractivity contribution is 0.0953. The fraction of sp³-hybridized carbons (Fsp3) is 0.217. The van der Waals surface area contributed by atoms with Gasteiger partial charge in [-0.1, -0.05) is 30.3 Å². The first kappa shape index (κ1) is 17.6. The predicted molar refractivity (Wildman–Crippen MR) is 111 cm³/mol. The van der Waals surface area contributed by atoms with E-state index in [0.717, 1.165) is 28.8 Å². The van der Waals surface area contributed by atoms with Gasteiger partial charge in [0.1, 0.15) is 0 Å². The highest BCUT2D eigenvalue weighted by atomic mass is 16.1. The average Bonchev–Trinajstić information content (AvgIpc) is 3.53. The Hall–Kier alpha value is -3.54. The van der Waals surface area contributed by atoms with E-state index in [0.29, 0.717) is 23.7 Å². The second-order valence-corrected chi connectivity index (χ2v) is 7.47. The fourth-order valence-corrected chi connectivity index (χ4v) is 3.42. The van der Waals surface area contributed by atoms with Crippen LogP contribution in [0.1, 0.15) is 28.8 Å². The summed E-state index contributed by atoms with van der Waals surface area (Å²) in [5.74, 6) is 0.559. The molecule has 6 nitrogen and oxygen atoms in total. The molecule has 1 aliphatic carbocycles. The van der Waals surface area contributed by atoms with Crippen LogP contribution in [0.3, 0.4) is 0 Å². The molecule has 144 valence electrons. The first-order valence-electron chi connectivity index (χ1n) is 9.87. The van der Waals surface area contributed by atoms with Gasteiger partial charge in [0, 0.05) is 24.5 Å². The summed E-state index contributed by atoms with van der Waals surface area (Å²) >= 11 is 0. The van der Waals surface area contributed by atoms with Crippen molar-refractivity contribution in [1.82, 2.24) is 25.1 Å². The molecule has 6 heteroatoms. The van der Waals surface area contributed by atoms with E-state index in [2.05, 4.69) is 15.4 Å². The Morgan fingerprint density at radius 2 is 1.90 bits per heavy atom. The van der Waals surface area contributed by atoms with E-state index < -0.39 is 0 Å². The summed E-state index contributed by atoms with van der Waals surface area (Å²) in [7, 11) is 0. The van der Waals surface area contributed by atoms with Crippen molar-refractivity contribution in [3.8, 4) is 11.3 Å². The van der Waals surface area contributed by atoms with Gasteiger partial charge in [-0.15, -0.1) is 0 Å². The van der Waals surface area contributed by atoms with Crippen molar-refractivity contribution in [3.05, 3.63) is 78.2 Å². The molecule has 3 heterocycles. The number of pyridine rings is 2. The minimum absolute atomic E-state index is 0.0649. The Balaban J connectivity index is 1.59. The van der Waals surface area contributed by atoms with E-state index in [4.69, 9.17) is 4.98 Å². The quantitative estimate of drug-likeness (QED) is 0.551. The summed E-state index contributed by atoms with van der Waals surface area (Å²) in [5.41, 5.74) is 4.15. The molecule has 0 radical (unpaired) electrons. The van der Waals surface area contributed by atoms with Crippen LogP contribution in [0.15, 0.2) is 67.1 Å². The maximum Gasteiger partial charge on any atom is 0.252 e. The van der Waals surface area contributed by atoms with Gasteiger partial charge in [0.2, 0.25) is 0 Å². The molecule has 0 saturated heterocycles. The largest absolute Gasteiger partial charge is 0.352 e. The molecule has 1 fully saturated rings. The molecule has 0 atom stereocenters. The molecule has 1 aromatic carbocycles. The summed E-state index contributed by atoms with van der Waals surface area (Å²) < 4.78 is 1.84. The molecule has 0 aliphatic heterocycles. The number of carbonyl (C=O) groups excluding carboxylic acids is 1. The average molecular weight is 383 g/mol. The number of hydrogen-bond acceptors (Lipinski definition) is 4. The van der Waals surface area contributed by atoms with Gasteiger partial charge in [-0.05, 0) is 42.5 Å². The van der Waals surface area contributed by atoms with Crippen molar-refractivity contribution in [2.24, 2.45) is 5.92 Å². The van der Waals surface area contributed by atoms with Crippen LogP contribution in [-0.4, -0.2) is 32.2 Å². The maximum atomic E-state index is 13.0. The number of aromatic nitrogens is 4. The molecule has 29 heavy (non-hydrogen) atoms. The first-order valence-corrected chi connectivity index (χ1v) is 9.87. The summed E-state index contributed by atoms with van der Waals surface area (Å²) in [6.45, 7) is 1.30. The van der Waals surface area contributed by atoms with E-state index in [1.165, 1.54) is 12.8 Å². The van der Waals surface area contributed by atoms with Crippen LogP contribution in [0, 0.1) is 5.92 Å². The van der Waals surface area contributed by atoms with Crippen LogP contribution in [-0.2, 0) is 6.54 Å². The molecule has 0 bridgehead atoms. The van der Waals surface area contributed by atoms with Crippen molar-refractivity contribution in [2.75, 3.05) is 6.54 Å². The number of fused-ring (bicyclic) bond motifs is 1. The van der Waals surface area contributed by atoms with Crippen LogP contribution in [0.25, 0.3) is 22.3 Å². The topological polar surface area (TPSA) is 72.7 Å². The maximum absolute atomic E-state index is 13.0. The van der Waals surface area contributed by atoms with Crippen molar-refractivity contribution >= 4 is 16.9 Å². The first-order chi connectivity index (χ1) is 14.3. The van der Waals surface area contributed by atoms with Gasteiger partial charge in [0.25, 0.3) is 5.91 Å². The van der Waals surface area contributed by atoms with Gasteiger partial charge >= 0.3 is 0 Å². The normalized spacial score (nSPS) is 13.5. The zero-order chi connectivity index (χ0) is 19.6. The summed E-state index contributed by atoms with van der Waals surface area (Å²) in [5, 5.41) is 8.38. The molecule has 4 aromatic rings. The van der Waals surface area contributed by atoms with Gasteiger partial charge in [0.05, 0.1) is 29.4 Å². The Labute approximate surface area is 168 Å². The van der Waals surface area contributed by atoms with E-state index >= 15 is 0 Å². The molecule has 1 N–H and O–H groups in total. The Morgan fingerprint density at radius 3 is 2.66 bits per heavy atom. The van der Waals surface area contributed by atoms with Gasteiger partial charge in [-0.3, -0.25) is 9.78 Å². The standard InChI is InChI=1S/C23H21N5O/c29-23(25-13-16-6-7-16)19-12-21(18-4-2-1-3-5-18)27-22-20(19)14-26-28(22)15-17-8-10-24-11-9-17/h1-5,8-12,14,16H,6-7,13,15H2,(H,25,29). The van der Waals surface area contributed by atoms with Crippen molar-refractivity contribution in [3.63, 3.8) is 0 Å². The van der Waals surface area contributed by atoms with E-state index in [1.807, 2.05) is 53.2 Å². The van der Waals surface area contributed by atoms with Crippen LogP contribution in [0.5, 0.6) is 0 Å². The zero-order valence-corrected chi connectivity index (χ0v) is 16.0. The number of carbonyl (C=O) groups is 1. The van der Waals surface area contributed by atoms with E-state index in [9.17, 15) is 4.79 Å². The molecule has 1 saturated carbocycles. The van der Waals surface area contributed by atoms with Crippen molar-refractivity contribution < 1.29 is 4.79 Å². The fourth-order valence-electron chi connectivity index (χ4n) is 3.42. The molecule has 0 unspecified atom stereocenters. The number of hydrogen-bond donors (Lipinski definition) is 1. The zero-order valence-electron chi connectivity index (χ0n) is 16.0. The lowest BCUT2D eigenvalue weighted by atomic mass is 10.1. The van der Waals surface area contributed by atoms with Gasteiger partial charge < -0.3 is 5.32 Å². The second kappa shape index (κ2) is 7.47. The van der Waals surface area contributed by atoms with E-state index in [1.54, 1.807) is 18.6 Å². The lowest BCUT2D eigenvalue weighted by Gasteiger charge is -2.10. The molecule has 1 aliphatic rings.